The van der Waals surface area contributed by atoms with E-state index in [9.17, 15) is 25.0 Å². The highest BCUT2D eigenvalue weighted by Crippen LogP contribution is 2.49. The van der Waals surface area contributed by atoms with Crippen molar-refractivity contribution in [3.05, 3.63) is 114 Å². The molecule has 1 aliphatic heterocycles. The van der Waals surface area contributed by atoms with Crippen LogP contribution in [0.5, 0.6) is 0 Å². The molecule has 0 aliphatic carbocycles. The Morgan fingerprint density at radius 2 is 1.46 bits per heavy atom. The SMILES string of the molecule is O=C1/C(=C/c2ccc([N+](=O)[O-])cc2)SC(c2ccc([N+](=O)[O-])cc2)N1c1nnc(-c2ccc(Cl)cc2)s1. The van der Waals surface area contributed by atoms with E-state index >= 15 is 0 Å². The standard InChI is InChI=1S/C24H14ClN5O5S2/c25-17-7-3-15(4-8-17)21-26-27-24(37-21)28-22(31)20(13-14-1-9-18(10-2-14)29(32)33)36-23(28)16-5-11-19(12-6-16)30(34)35/h1-13,23H/b20-13-. The summed E-state index contributed by atoms with van der Waals surface area (Å²) in [5.41, 5.74) is 1.96. The number of anilines is 1. The summed E-state index contributed by atoms with van der Waals surface area (Å²) in [7, 11) is 0. The van der Waals surface area contributed by atoms with Gasteiger partial charge in [0.1, 0.15) is 10.4 Å². The first-order valence-corrected chi connectivity index (χ1v) is 12.7. The summed E-state index contributed by atoms with van der Waals surface area (Å²) in [6.45, 7) is 0. The molecule has 3 aromatic carbocycles. The van der Waals surface area contributed by atoms with Crippen LogP contribution in [0.15, 0.2) is 77.7 Å². The van der Waals surface area contributed by atoms with Gasteiger partial charge >= 0.3 is 0 Å². The Morgan fingerprint density at radius 3 is 2.05 bits per heavy atom. The maximum Gasteiger partial charge on any atom is 0.269 e. The lowest BCUT2D eigenvalue weighted by Crippen LogP contribution is -2.27. The summed E-state index contributed by atoms with van der Waals surface area (Å²) in [6, 6.07) is 18.9. The Morgan fingerprint density at radius 1 is 0.865 bits per heavy atom. The monoisotopic (exact) mass is 551 g/mol. The number of nitrogens with zero attached hydrogens (tertiary/aromatic N) is 5. The molecule has 1 amide bonds. The summed E-state index contributed by atoms with van der Waals surface area (Å²) in [5.74, 6) is -0.328. The lowest BCUT2D eigenvalue weighted by Gasteiger charge is -2.20. The molecule has 5 rings (SSSR count). The smallest absolute Gasteiger partial charge is 0.268 e. The molecule has 0 N–H and O–H groups in total. The third kappa shape index (κ3) is 5.07. The maximum atomic E-state index is 13.6. The first kappa shape index (κ1) is 24.6. The van der Waals surface area contributed by atoms with Gasteiger partial charge in [0.05, 0.1) is 14.8 Å². The van der Waals surface area contributed by atoms with Gasteiger partial charge in [-0.1, -0.05) is 46.8 Å². The maximum absolute atomic E-state index is 13.6. The number of benzene rings is 3. The molecule has 2 heterocycles. The van der Waals surface area contributed by atoms with Crippen LogP contribution >= 0.6 is 34.7 Å². The molecule has 1 aromatic heterocycles. The first-order chi connectivity index (χ1) is 17.8. The third-order valence-electron chi connectivity index (χ3n) is 5.41. The average molecular weight is 552 g/mol. The van der Waals surface area contributed by atoms with Crippen LogP contribution in [0.1, 0.15) is 16.5 Å². The number of thioether (sulfide) groups is 1. The molecule has 10 nitrogen and oxygen atoms in total. The normalized spacial score (nSPS) is 16.4. The number of aromatic nitrogens is 2. The summed E-state index contributed by atoms with van der Waals surface area (Å²) in [5, 5.41) is 31.6. The third-order valence-corrected chi connectivity index (χ3v) is 7.88. The summed E-state index contributed by atoms with van der Waals surface area (Å²) in [4.78, 5) is 36.6. The molecule has 0 radical (unpaired) electrons. The first-order valence-electron chi connectivity index (χ1n) is 10.6. The van der Waals surface area contributed by atoms with Crippen molar-refractivity contribution in [2.75, 3.05) is 4.90 Å². The van der Waals surface area contributed by atoms with Gasteiger partial charge in [-0.2, -0.15) is 0 Å². The van der Waals surface area contributed by atoms with Crippen LogP contribution < -0.4 is 4.90 Å². The Labute approximate surface area is 222 Å². The molecule has 184 valence electrons. The number of amides is 1. The molecule has 1 fully saturated rings. The molecule has 4 aromatic rings. The van der Waals surface area contributed by atoms with Gasteiger partial charge in [0, 0.05) is 34.9 Å². The Bertz CT molecular complexity index is 1540. The Kier molecular flexibility index (Phi) is 6.70. The van der Waals surface area contributed by atoms with Gasteiger partial charge in [-0.15, -0.1) is 10.2 Å². The fourth-order valence-corrected chi connectivity index (χ4v) is 5.88. The van der Waals surface area contributed by atoms with Gasteiger partial charge in [0.25, 0.3) is 17.3 Å². The van der Waals surface area contributed by atoms with Crippen LogP contribution in [-0.2, 0) is 4.79 Å². The van der Waals surface area contributed by atoms with E-state index in [1.807, 2.05) is 0 Å². The largest absolute Gasteiger partial charge is 0.269 e. The molecule has 1 saturated heterocycles. The number of nitro groups is 2. The van der Waals surface area contributed by atoms with Crippen molar-refractivity contribution in [3.8, 4) is 10.6 Å². The topological polar surface area (TPSA) is 132 Å². The zero-order chi connectivity index (χ0) is 26.1. The van der Waals surface area contributed by atoms with Crippen LogP contribution in [0.4, 0.5) is 16.5 Å². The minimum absolute atomic E-state index is 0.0541. The van der Waals surface area contributed by atoms with Crippen LogP contribution in [0.3, 0.4) is 0 Å². The van der Waals surface area contributed by atoms with Crippen molar-refractivity contribution in [2.24, 2.45) is 0 Å². The minimum Gasteiger partial charge on any atom is -0.268 e. The van der Waals surface area contributed by atoms with E-state index in [0.29, 0.717) is 31.2 Å². The highest BCUT2D eigenvalue weighted by molar-refractivity contribution is 8.05. The highest BCUT2D eigenvalue weighted by atomic mass is 35.5. The van der Waals surface area contributed by atoms with Gasteiger partial charge in [-0.05, 0) is 53.6 Å². The van der Waals surface area contributed by atoms with E-state index in [1.165, 1.54) is 52.3 Å². The van der Waals surface area contributed by atoms with Crippen LogP contribution in [0.25, 0.3) is 16.6 Å². The second-order valence-electron chi connectivity index (χ2n) is 7.75. The molecule has 37 heavy (non-hydrogen) atoms. The van der Waals surface area contributed by atoms with Crippen LogP contribution in [0, 0.1) is 20.2 Å². The lowest BCUT2D eigenvalue weighted by atomic mass is 10.2. The number of carbonyl (C=O) groups excluding carboxylic acids is 1. The predicted molar refractivity (Wildman–Crippen MR) is 142 cm³/mol. The fraction of sp³-hybridized carbons (Fsp3) is 0.0417. The fourth-order valence-electron chi connectivity index (χ4n) is 3.57. The molecule has 0 saturated carbocycles. The van der Waals surface area contributed by atoms with E-state index in [1.54, 1.807) is 54.6 Å². The Hall–Kier alpha value is -4.13. The zero-order valence-corrected chi connectivity index (χ0v) is 20.9. The Balaban J connectivity index is 1.52. The second kappa shape index (κ2) is 10.1. The van der Waals surface area contributed by atoms with Crippen LogP contribution in [-0.4, -0.2) is 26.0 Å². The average Bonchev–Trinajstić information content (AvgIpc) is 3.50. The number of hydrogen-bond acceptors (Lipinski definition) is 9. The summed E-state index contributed by atoms with van der Waals surface area (Å²) < 4.78 is 0. The molecular weight excluding hydrogens is 538 g/mol. The molecule has 0 spiro atoms. The predicted octanol–water partition coefficient (Wildman–Crippen LogP) is 6.49. The molecule has 13 heteroatoms. The van der Waals surface area contributed by atoms with Crippen molar-refractivity contribution >= 4 is 63.2 Å². The van der Waals surface area contributed by atoms with Crippen molar-refractivity contribution in [2.45, 2.75) is 5.37 Å². The zero-order valence-electron chi connectivity index (χ0n) is 18.6. The van der Waals surface area contributed by atoms with E-state index in [-0.39, 0.29) is 17.3 Å². The van der Waals surface area contributed by atoms with Gasteiger partial charge in [0.15, 0.2) is 0 Å². The minimum atomic E-state index is -0.552. The van der Waals surface area contributed by atoms with E-state index in [4.69, 9.17) is 11.6 Å². The number of non-ortho nitro benzene ring substituents is 2. The quantitative estimate of drug-likeness (QED) is 0.151. The number of halogens is 1. The second-order valence-corrected chi connectivity index (χ2v) is 10.3. The van der Waals surface area contributed by atoms with Gasteiger partial charge in [-0.3, -0.25) is 29.9 Å². The van der Waals surface area contributed by atoms with E-state index in [2.05, 4.69) is 10.2 Å². The molecular formula is C24H14ClN5O5S2. The number of carbonyl (C=O) groups is 1. The molecule has 1 atom stereocenters. The highest BCUT2D eigenvalue weighted by Gasteiger charge is 2.40. The van der Waals surface area contributed by atoms with E-state index < -0.39 is 15.2 Å². The molecule has 0 bridgehead atoms. The van der Waals surface area contributed by atoms with Crippen molar-refractivity contribution in [1.29, 1.82) is 0 Å². The molecule has 1 aliphatic rings. The number of hydrogen-bond donors (Lipinski definition) is 0. The van der Waals surface area contributed by atoms with Crippen molar-refractivity contribution in [1.82, 2.24) is 10.2 Å². The van der Waals surface area contributed by atoms with Crippen LogP contribution in [0.2, 0.25) is 5.02 Å². The number of rotatable bonds is 6. The molecule has 1 unspecified atom stereocenters. The van der Waals surface area contributed by atoms with Crippen molar-refractivity contribution in [3.63, 3.8) is 0 Å². The van der Waals surface area contributed by atoms with E-state index in [0.717, 1.165) is 5.56 Å². The van der Waals surface area contributed by atoms with Gasteiger partial charge in [0.2, 0.25) is 5.13 Å². The van der Waals surface area contributed by atoms with Gasteiger partial charge < -0.3 is 0 Å². The van der Waals surface area contributed by atoms with Crippen molar-refractivity contribution < 1.29 is 14.6 Å². The summed E-state index contributed by atoms with van der Waals surface area (Å²) >= 11 is 8.47. The number of nitro benzene ring substituents is 2. The summed E-state index contributed by atoms with van der Waals surface area (Å²) in [6.07, 6.45) is 1.65. The lowest BCUT2D eigenvalue weighted by molar-refractivity contribution is -0.385. The van der Waals surface area contributed by atoms with Gasteiger partial charge in [-0.25, -0.2) is 0 Å².